The molecule has 37 heavy (non-hydrogen) atoms. The number of nitrogens with one attached hydrogen (secondary N) is 2. The third kappa shape index (κ3) is 7.77. The first-order chi connectivity index (χ1) is 18.2. The van der Waals surface area contributed by atoms with Gasteiger partial charge in [-0.25, -0.2) is 5.48 Å². The standard InChI is InChI=1S/C29H29BrClN3O3/c1-32-37-14-13-34-18-24-15-26(31)28(16-27(24)35-19-21-7-6-12-33-17-21)36-20-23-10-5-11-25(29(23)30)22-8-3-2-4-9-22/h2-12,15-17,32,34H,13-14,18-20H2,1H3. The molecule has 0 amide bonds. The van der Waals surface area contributed by atoms with Crippen LogP contribution in [0.5, 0.6) is 11.5 Å². The van der Waals surface area contributed by atoms with Gasteiger partial charge in [0.2, 0.25) is 0 Å². The molecular weight excluding hydrogens is 554 g/mol. The van der Waals surface area contributed by atoms with E-state index in [1.165, 1.54) is 0 Å². The van der Waals surface area contributed by atoms with Crippen molar-refractivity contribution in [3.63, 3.8) is 0 Å². The third-order valence-electron chi connectivity index (χ3n) is 5.62. The second-order valence-corrected chi connectivity index (χ2v) is 9.40. The van der Waals surface area contributed by atoms with Crippen molar-refractivity contribution in [3.8, 4) is 22.6 Å². The van der Waals surface area contributed by atoms with Crippen LogP contribution in [0.1, 0.15) is 16.7 Å². The minimum Gasteiger partial charge on any atom is -0.488 e. The van der Waals surface area contributed by atoms with Crippen molar-refractivity contribution < 1.29 is 14.3 Å². The van der Waals surface area contributed by atoms with Gasteiger partial charge in [-0.15, -0.1) is 0 Å². The summed E-state index contributed by atoms with van der Waals surface area (Å²) in [6.07, 6.45) is 3.53. The number of nitrogens with zero attached hydrogens (tertiary/aromatic N) is 1. The highest BCUT2D eigenvalue weighted by molar-refractivity contribution is 9.10. The predicted octanol–water partition coefficient (Wildman–Crippen LogP) is 6.56. The Morgan fingerprint density at radius 2 is 1.73 bits per heavy atom. The van der Waals surface area contributed by atoms with Crippen LogP contribution < -0.4 is 20.3 Å². The van der Waals surface area contributed by atoms with E-state index in [1.54, 1.807) is 19.4 Å². The number of aromatic nitrogens is 1. The number of hydrogen-bond acceptors (Lipinski definition) is 6. The molecule has 0 atom stereocenters. The average Bonchev–Trinajstić information content (AvgIpc) is 2.93. The lowest BCUT2D eigenvalue weighted by Gasteiger charge is -2.17. The molecule has 192 valence electrons. The van der Waals surface area contributed by atoms with Crippen LogP contribution in [0.15, 0.2) is 89.7 Å². The lowest BCUT2D eigenvalue weighted by atomic mass is 10.0. The molecule has 0 aliphatic carbocycles. The smallest absolute Gasteiger partial charge is 0.142 e. The Labute approximate surface area is 231 Å². The second-order valence-electron chi connectivity index (χ2n) is 8.20. The molecule has 0 aliphatic heterocycles. The summed E-state index contributed by atoms with van der Waals surface area (Å²) in [6, 6.07) is 24.0. The highest BCUT2D eigenvalue weighted by Gasteiger charge is 2.14. The number of hydrogen-bond donors (Lipinski definition) is 2. The number of hydroxylamine groups is 1. The van der Waals surface area contributed by atoms with E-state index in [0.717, 1.165) is 32.3 Å². The summed E-state index contributed by atoms with van der Waals surface area (Å²) in [5.41, 5.74) is 7.83. The van der Waals surface area contributed by atoms with Gasteiger partial charge in [-0.05, 0) is 39.2 Å². The highest BCUT2D eigenvalue weighted by atomic mass is 79.9. The molecule has 4 aromatic rings. The van der Waals surface area contributed by atoms with Gasteiger partial charge in [0.05, 0.1) is 11.6 Å². The van der Waals surface area contributed by atoms with Gasteiger partial charge >= 0.3 is 0 Å². The van der Waals surface area contributed by atoms with Crippen molar-refractivity contribution in [1.29, 1.82) is 0 Å². The van der Waals surface area contributed by atoms with E-state index in [4.69, 9.17) is 25.9 Å². The number of halogens is 2. The van der Waals surface area contributed by atoms with E-state index < -0.39 is 0 Å². The number of benzene rings is 3. The second kappa shape index (κ2) is 14.1. The number of pyridine rings is 1. The Bertz CT molecular complexity index is 1280. The molecule has 4 rings (SSSR count). The van der Waals surface area contributed by atoms with E-state index in [2.05, 4.69) is 49.9 Å². The normalized spacial score (nSPS) is 10.9. The van der Waals surface area contributed by atoms with Gasteiger partial charge in [-0.3, -0.25) is 4.98 Å². The molecule has 2 N–H and O–H groups in total. The van der Waals surface area contributed by atoms with E-state index in [1.807, 2.05) is 54.6 Å². The average molecular weight is 583 g/mol. The van der Waals surface area contributed by atoms with E-state index in [9.17, 15) is 0 Å². The summed E-state index contributed by atoms with van der Waals surface area (Å²) >= 11 is 10.4. The van der Waals surface area contributed by atoms with E-state index in [0.29, 0.717) is 49.4 Å². The predicted molar refractivity (Wildman–Crippen MR) is 151 cm³/mol. The van der Waals surface area contributed by atoms with Crippen LogP contribution in [0.3, 0.4) is 0 Å². The molecule has 0 spiro atoms. The Hall–Kier alpha value is -2.94. The van der Waals surface area contributed by atoms with Crippen molar-refractivity contribution in [2.45, 2.75) is 19.8 Å². The van der Waals surface area contributed by atoms with Crippen LogP contribution in [0, 0.1) is 0 Å². The van der Waals surface area contributed by atoms with E-state index >= 15 is 0 Å². The SMILES string of the molecule is CNOCCNCc1cc(Cl)c(OCc2cccc(-c3ccccc3)c2Br)cc1OCc1cccnc1. The van der Waals surface area contributed by atoms with Gasteiger partial charge < -0.3 is 19.6 Å². The molecule has 0 fully saturated rings. The topological polar surface area (TPSA) is 64.6 Å². The summed E-state index contributed by atoms with van der Waals surface area (Å²) in [5.74, 6) is 1.25. The zero-order valence-corrected chi connectivity index (χ0v) is 22.9. The molecule has 0 saturated heterocycles. The summed E-state index contributed by atoms with van der Waals surface area (Å²) in [7, 11) is 1.74. The van der Waals surface area contributed by atoms with Crippen LogP contribution in [0.4, 0.5) is 0 Å². The van der Waals surface area contributed by atoms with Gasteiger partial charge in [0.25, 0.3) is 0 Å². The van der Waals surface area contributed by atoms with Gasteiger partial charge in [0, 0.05) is 59.8 Å². The lowest BCUT2D eigenvalue weighted by Crippen LogP contribution is -2.22. The van der Waals surface area contributed by atoms with Gasteiger partial charge in [0.15, 0.2) is 0 Å². The van der Waals surface area contributed by atoms with Crippen molar-refractivity contribution in [2.24, 2.45) is 0 Å². The fourth-order valence-corrected chi connectivity index (χ4v) is 4.59. The molecule has 0 bridgehead atoms. The van der Waals surface area contributed by atoms with Crippen LogP contribution in [-0.4, -0.2) is 25.2 Å². The van der Waals surface area contributed by atoms with Gasteiger partial charge in [-0.2, -0.15) is 0 Å². The fourth-order valence-electron chi connectivity index (χ4n) is 3.74. The molecule has 6 nitrogen and oxygen atoms in total. The first-order valence-electron chi connectivity index (χ1n) is 11.9. The minimum absolute atomic E-state index is 0.349. The van der Waals surface area contributed by atoms with Crippen LogP contribution >= 0.6 is 27.5 Å². The van der Waals surface area contributed by atoms with Gasteiger partial charge in [-0.1, -0.05) is 66.2 Å². The zero-order chi connectivity index (χ0) is 25.9. The van der Waals surface area contributed by atoms with Crippen molar-refractivity contribution in [2.75, 3.05) is 20.2 Å². The first-order valence-corrected chi connectivity index (χ1v) is 13.1. The maximum absolute atomic E-state index is 6.65. The monoisotopic (exact) mass is 581 g/mol. The summed E-state index contributed by atoms with van der Waals surface area (Å²) in [4.78, 5) is 9.34. The number of rotatable bonds is 13. The van der Waals surface area contributed by atoms with E-state index in [-0.39, 0.29) is 0 Å². The zero-order valence-electron chi connectivity index (χ0n) is 20.5. The molecule has 0 unspecified atom stereocenters. The molecule has 0 radical (unpaired) electrons. The van der Waals surface area contributed by atoms with Crippen molar-refractivity contribution in [1.82, 2.24) is 15.8 Å². The fraction of sp³-hybridized carbons (Fsp3) is 0.207. The first kappa shape index (κ1) is 27.1. The number of ether oxygens (including phenoxy) is 2. The van der Waals surface area contributed by atoms with Crippen LogP contribution in [-0.2, 0) is 24.6 Å². The molecule has 1 aromatic heterocycles. The molecule has 1 heterocycles. The Morgan fingerprint density at radius 1 is 0.892 bits per heavy atom. The van der Waals surface area contributed by atoms with Crippen LogP contribution in [0.2, 0.25) is 5.02 Å². The quantitative estimate of drug-likeness (QED) is 0.137. The largest absolute Gasteiger partial charge is 0.488 e. The summed E-state index contributed by atoms with van der Waals surface area (Å²) in [5, 5.41) is 3.87. The van der Waals surface area contributed by atoms with Gasteiger partial charge in [0.1, 0.15) is 24.7 Å². The highest BCUT2D eigenvalue weighted by Crippen LogP contribution is 2.36. The molecule has 0 saturated carbocycles. The molecule has 8 heteroatoms. The third-order valence-corrected chi connectivity index (χ3v) is 6.85. The summed E-state index contributed by atoms with van der Waals surface area (Å²) in [6.45, 7) is 2.51. The maximum Gasteiger partial charge on any atom is 0.142 e. The molecule has 0 aliphatic rings. The van der Waals surface area contributed by atoms with Crippen molar-refractivity contribution in [3.05, 3.63) is 111 Å². The Kier molecular flexibility index (Phi) is 10.3. The lowest BCUT2D eigenvalue weighted by molar-refractivity contribution is 0.0599. The summed E-state index contributed by atoms with van der Waals surface area (Å²) < 4.78 is 13.4. The Morgan fingerprint density at radius 3 is 2.51 bits per heavy atom. The maximum atomic E-state index is 6.65. The molecular formula is C29H29BrClN3O3. The van der Waals surface area contributed by atoms with Crippen LogP contribution in [0.25, 0.3) is 11.1 Å². The van der Waals surface area contributed by atoms with Crippen molar-refractivity contribution >= 4 is 27.5 Å². The Balaban J connectivity index is 1.51. The molecule has 3 aromatic carbocycles. The minimum atomic E-state index is 0.349.